The maximum absolute atomic E-state index is 12.0. The fraction of sp³-hybridized carbons (Fsp3) is 0.176. The van der Waals surface area contributed by atoms with E-state index in [0.717, 1.165) is 0 Å². The summed E-state index contributed by atoms with van der Waals surface area (Å²) in [6, 6.07) is 13.6. The predicted octanol–water partition coefficient (Wildman–Crippen LogP) is 1.76. The van der Waals surface area contributed by atoms with Crippen molar-refractivity contribution in [2.24, 2.45) is 4.99 Å². The second-order valence-electron chi connectivity index (χ2n) is 5.36. The third-order valence-electron chi connectivity index (χ3n) is 3.65. The van der Waals surface area contributed by atoms with Gasteiger partial charge < -0.3 is 10.1 Å². The zero-order chi connectivity index (χ0) is 17.9. The molecule has 7 nitrogen and oxygen atoms in total. The highest BCUT2D eigenvalue weighted by atomic mass is 32.2. The molecule has 8 heteroatoms. The van der Waals surface area contributed by atoms with Gasteiger partial charge in [0.05, 0.1) is 18.6 Å². The molecule has 0 aliphatic carbocycles. The Balaban J connectivity index is 1.61. The van der Waals surface area contributed by atoms with Gasteiger partial charge in [-0.25, -0.2) is 8.42 Å². The molecule has 0 atom stereocenters. The molecule has 1 amide bonds. The average molecular weight is 359 g/mol. The average Bonchev–Trinajstić information content (AvgIpc) is 2.87. The van der Waals surface area contributed by atoms with E-state index in [4.69, 9.17) is 4.74 Å². The molecule has 0 unspecified atom stereocenters. The van der Waals surface area contributed by atoms with Crippen molar-refractivity contribution < 1.29 is 17.9 Å². The monoisotopic (exact) mass is 359 g/mol. The van der Waals surface area contributed by atoms with Crippen LogP contribution < -0.4 is 14.8 Å². The first-order valence-electron chi connectivity index (χ1n) is 7.60. The van der Waals surface area contributed by atoms with Gasteiger partial charge in [0.15, 0.2) is 0 Å². The number of hydrogen-bond acceptors (Lipinski definition) is 5. The number of nitrogens with zero attached hydrogens (tertiary/aromatic N) is 1. The number of amides is 1. The van der Waals surface area contributed by atoms with E-state index >= 15 is 0 Å². The van der Waals surface area contributed by atoms with Gasteiger partial charge in [-0.15, -0.1) is 0 Å². The molecular weight excluding hydrogens is 342 g/mol. The maximum Gasteiger partial charge on any atom is 0.263 e. The zero-order valence-electron chi connectivity index (χ0n) is 13.5. The maximum atomic E-state index is 12.0. The number of carbonyl (C=O) groups is 1. The number of methoxy groups -OCH3 is 1. The van der Waals surface area contributed by atoms with Crippen LogP contribution >= 0.6 is 0 Å². The van der Waals surface area contributed by atoms with Crippen LogP contribution in [0.4, 0.5) is 5.69 Å². The summed E-state index contributed by atoms with van der Waals surface area (Å²) in [7, 11) is -1.98. The number of aliphatic imine (C=N–C) groups is 1. The van der Waals surface area contributed by atoms with Crippen LogP contribution in [0.2, 0.25) is 0 Å². The number of sulfonamides is 1. The molecule has 130 valence electrons. The molecule has 0 spiro atoms. The highest BCUT2D eigenvalue weighted by Crippen LogP contribution is 2.22. The number of fused-ring (bicyclic) bond motifs is 1. The van der Waals surface area contributed by atoms with Gasteiger partial charge in [0.1, 0.15) is 11.6 Å². The van der Waals surface area contributed by atoms with Crippen molar-refractivity contribution >= 4 is 27.5 Å². The molecule has 0 bridgehead atoms. The van der Waals surface area contributed by atoms with E-state index in [9.17, 15) is 13.2 Å². The summed E-state index contributed by atoms with van der Waals surface area (Å²) in [5.41, 5.74) is 1.18. The minimum absolute atomic E-state index is 0.138. The smallest absolute Gasteiger partial charge is 0.263 e. The molecule has 0 saturated carbocycles. The van der Waals surface area contributed by atoms with E-state index in [1.165, 1.54) is 6.07 Å². The molecule has 0 saturated heterocycles. The molecule has 25 heavy (non-hydrogen) atoms. The normalized spacial score (nSPS) is 16.1. The molecule has 2 N–H and O–H groups in total. The minimum atomic E-state index is -3.55. The minimum Gasteiger partial charge on any atom is -0.497 e. The Labute approximate surface area is 145 Å². The van der Waals surface area contributed by atoms with Gasteiger partial charge in [0.2, 0.25) is 5.91 Å². The molecular formula is C17H17N3O4S. The standard InChI is InChI=1S/C17H17N3O4S/c1-24-13-8-6-12(7-9-13)19-16(21)10-11-18-17-14-4-2-3-5-15(14)25(22,23)20-17/h2-9H,10-11H2,1H3,(H,18,20)(H,19,21). The van der Waals surface area contributed by atoms with Crippen LogP contribution in [-0.4, -0.2) is 33.8 Å². The fourth-order valence-corrected chi connectivity index (χ4v) is 3.67. The van der Waals surface area contributed by atoms with Crippen molar-refractivity contribution in [1.82, 2.24) is 4.72 Å². The molecule has 0 aromatic heterocycles. The molecule has 2 aromatic rings. The lowest BCUT2D eigenvalue weighted by Crippen LogP contribution is -2.23. The number of ether oxygens (including phenoxy) is 1. The first-order chi connectivity index (χ1) is 12.0. The van der Waals surface area contributed by atoms with Crippen molar-refractivity contribution in [3.05, 3.63) is 54.1 Å². The van der Waals surface area contributed by atoms with Crippen LogP contribution in [0.25, 0.3) is 0 Å². The lowest BCUT2D eigenvalue weighted by Gasteiger charge is -2.05. The van der Waals surface area contributed by atoms with Gasteiger partial charge in [-0.3, -0.25) is 14.5 Å². The SMILES string of the molecule is COc1ccc(NC(=O)CCN=C2NS(=O)(=O)c3ccccc32)cc1. The second kappa shape index (κ2) is 6.94. The van der Waals surface area contributed by atoms with E-state index in [0.29, 0.717) is 17.0 Å². The Morgan fingerprint density at radius 1 is 1.16 bits per heavy atom. The van der Waals surface area contributed by atoms with E-state index in [1.54, 1.807) is 49.6 Å². The highest BCUT2D eigenvalue weighted by Gasteiger charge is 2.29. The molecule has 1 aliphatic heterocycles. The van der Waals surface area contributed by atoms with Crippen LogP contribution in [0.15, 0.2) is 58.4 Å². The van der Waals surface area contributed by atoms with Crippen LogP contribution in [0.5, 0.6) is 5.75 Å². The summed E-state index contributed by atoms with van der Waals surface area (Å²) in [6.07, 6.45) is 0.138. The topological polar surface area (TPSA) is 96.9 Å². The Kier molecular flexibility index (Phi) is 4.71. The van der Waals surface area contributed by atoms with Crippen molar-refractivity contribution in [1.29, 1.82) is 0 Å². The highest BCUT2D eigenvalue weighted by molar-refractivity contribution is 7.90. The van der Waals surface area contributed by atoms with Crippen LogP contribution in [0.3, 0.4) is 0 Å². The zero-order valence-corrected chi connectivity index (χ0v) is 14.3. The van der Waals surface area contributed by atoms with Crippen LogP contribution in [0, 0.1) is 0 Å². The third kappa shape index (κ3) is 3.80. The van der Waals surface area contributed by atoms with Gasteiger partial charge in [0.25, 0.3) is 10.0 Å². The Morgan fingerprint density at radius 2 is 1.88 bits per heavy atom. The summed E-state index contributed by atoms with van der Waals surface area (Å²) >= 11 is 0. The Bertz CT molecular complexity index is 921. The number of amidine groups is 1. The van der Waals surface area contributed by atoms with Crippen molar-refractivity contribution in [3.63, 3.8) is 0 Å². The molecule has 1 heterocycles. The lowest BCUT2D eigenvalue weighted by atomic mass is 10.2. The number of rotatable bonds is 5. The van der Waals surface area contributed by atoms with Crippen molar-refractivity contribution in [2.75, 3.05) is 19.0 Å². The summed E-state index contributed by atoms with van der Waals surface area (Å²) in [5, 5.41) is 2.75. The lowest BCUT2D eigenvalue weighted by molar-refractivity contribution is -0.116. The van der Waals surface area contributed by atoms with Gasteiger partial charge in [-0.05, 0) is 36.4 Å². The largest absolute Gasteiger partial charge is 0.497 e. The van der Waals surface area contributed by atoms with E-state index in [2.05, 4.69) is 15.0 Å². The molecule has 2 aromatic carbocycles. The van der Waals surface area contributed by atoms with Gasteiger partial charge in [-0.1, -0.05) is 12.1 Å². The predicted molar refractivity (Wildman–Crippen MR) is 94.4 cm³/mol. The number of nitrogens with one attached hydrogen (secondary N) is 2. The van der Waals surface area contributed by atoms with E-state index in [1.807, 2.05) is 0 Å². The van der Waals surface area contributed by atoms with Crippen molar-refractivity contribution in [3.8, 4) is 5.75 Å². The summed E-state index contributed by atoms with van der Waals surface area (Å²) in [5.74, 6) is 0.771. The Morgan fingerprint density at radius 3 is 2.60 bits per heavy atom. The second-order valence-corrected chi connectivity index (χ2v) is 7.01. The third-order valence-corrected chi connectivity index (χ3v) is 5.04. The van der Waals surface area contributed by atoms with Gasteiger partial charge >= 0.3 is 0 Å². The van der Waals surface area contributed by atoms with Gasteiger partial charge in [-0.2, -0.15) is 0 Å². The summed E-state index contributed by atoms with van der Waals surface area (Å²) < 4.78 is 31.4. The van der Waals surface area contributed by atoms with Gasteiger partial charge in [0, 0.05) is 17.7 Å². The molecule has 1 aliphatic rings. The van der Waals surface area contributed by atoms with E-state index < -0.39 is 10.0 Å². The quantitative estimate of drug-likeness (QED) is 0.850. The summed E-state index contributed by atoms with van der Waals surface area (Å²) in [4.78, 5) is 16.4. The number of hydrogen-bond donors (Lipinski definition) is 2. The van der Waals surface area contributed by atoms with Crippen LogP contribution in [-0.2, 0) is 14.8 Å². The first kappa shape index (κ1) is 17.0. The number of anilines is 1. The number of benzene rings is 2. The van der Waals surface area contributed by atoms with E-state index in [-0.39, 0.29) is 29.6 Å². The summed E-state index contributed by atoms with van der Waals surface area (Å²) in [6.45, 7) is 0.175. The van der Waals surface area contributed by atoms with Crippen LogP contribution in [0.1, 0.15) is 12.0 Å². The fourth-order valence-electron chi connectivity index (χ4n) is 2.42. The van der Waals surface area contributed by atoms with Crippen molar-refractivity contribution in [2.45, 2.75) is 11.3 Å². The molecule has 3 rings (SSSR count). The molecule has 0 fully saturated rings. The molecule has 0 radical (unpaired) electrons. The Hall–Kier alpha value is -2.87. The first-order valence-corrected chi connectivity index (χ1v) is 9.08. The number of carbonyl (C=O) groups excluding carboxylic acids is 1.